The topological polar surface area (TPSA) is 90.9 Å². The third-order valence-corrected chi connectivity index (χ3v) is 6.07. The molecule has 0 radical (unpaired) electrons. The number of para-hydroxylation sites is 1. The van der Waals surface area contributed by atoms with Gasteiger partial charge in [-0.3, -0.25) is 18.7 Å². The first kappa shape index (κ1) is 20.7. The van der Waals surface area contributed by atoms with E-state index in [-0.39, 0.29) is 23.6 Å². The van der Waals surface area contributed by atoms with Crippen molar-refractivity contribution in [1.29, 1.82) is 0 Å². The number of thioether (sulfide) groups is 1. The number of benzene rings is 2. The predicted octanol–water partition coefficient (Wildman–Crippen LogP) is 2.36. The molecule has 2 heterocycles. The Kier molecular flexibility index (Phi) is 5.77. The van der Waals surface area contributed by atoms with Crippen LogP contribution in [0, 0.1) is 0 Å². The molecule has 0 aliphatic heterocycles. The lowest BCUT2D eigenvalue weighted by Gasteiger charge is -2.12. The van der Waals surface area contributed by atoms with Crippen molar-refractivity contribution in [3.8, 4) is 0 Å². The van der Waals surface area contributed by atoms with E-state index in [1.807, 2.05) is 42.5 Å². The van der Waals surface area contributed by atoms with Gasteiger partial charge in [0.25, 0.3) is 5.56 Å². The zero-order valence-corrected chi connectivity index (χ0v) is 17.9. The van der Waals surface area contributed by atoms with E-state index < -0.39 is 11.2 Å². The van der Waals surface area contributed by atoms with Gasteiger partial charge in [0, 0.05) is 24.7 Å². The number of imidazole rings is 1. The van der Waals surface area contributed by atoms with Crippen LogP contribution in [-0.2, 0) is 31.2 Å². The molecule has 1 amide bonds. The summed E-state index contributed by atoms with van der Waals surface area (Å²) in [6.45, 7) is -0.0956. The Labute approximate surface area is 182 Å². The molecule has 8 nitrogen and oxygen atoms in total. The molecule has 2 aromatic carbocycles. The van der Waals surface area contributed by atoms with Gasteiger partial charge in [0.05, 0.1) is 12.0 Å². The summed E-state index contributed by atoms with van der Waals surface area (Å²) in [5.41, 5.74) is 1.42. The molecule has 9 heteroatoms. The van der Waals surface area contributed by atoms with Crippen LogP contribution in [0.25, 0.3) is 11.2 Å². The number of amides is 1. The van der Waals surface area contributed by atoms with Crippen molar-refractivity contribution in [1.82, 2.24) is 18.7 Å². The highest BCUT2D eigenvalue weighted by molar-refractivity contribution is 7.98. The fraction of sp³-hybridized carbons (Fsp3) is 0.182. The second-order valence-electron chi connectivity index (χ2n) is 7.07. The number of carbonyl (C=O) groups is 1. The number of anilines is 1. The molecule has 0 atom stereocenters. The van der Waals surface area contributed by atoms with Gasteiger partial charge in [-0.1, -0.05) is 42.5 Å². The molecule has 0 fully saturated rings. The van der Waals surface area contributed by atoms with Crippen LogP contribution in [0.15, 0.2) is 75.4 Å². The van der Waals surface area contributed by atoms with E-state index in [0.29, 0.717) is 5.69 Å². The van der Waals surface area contributed by atoms with E-state index in [4.69, 9.17) is 0 Å². The average Bonchev–Trinajstić information content (AvgIpc) is 3.20. The molecule has 2 aromatic heterocycles. The zero-order chi connectivity index (χ0) is 22.0. The molecule has 0 aliphatic carbocycles. The van der Waals surface area contributed by atoms with Crippen LogP contribution in [-0.4, -0.2) is 24.6 Å². The van der Waals surface area contributed by atoms with Crippen molar-refractivity contribution < 1.29 is 4.79 Å². The Bertz CT molecular complexity index is 1370. The highest BCUT2D eigenvalue weighted by atomic mass is 32.2. The maximum absolute atomic E-state index is 12.8. The number of aromatic nitrogens is 4. The number of hydrogen-bond donors (Lipinski definition) is 1. The van der Waals surface area contributed by atoms with E-state index in [9.17, 15) is 14.4 Å². The lowest BCUT2D eigenvalue weighted by Crippen LogP contribution is -2.37. The summed E-state index contributed by atoms with van der Waals surface area (Å²) in [4.78, 5) is 42.5. The summed E-state index contributed by atoms with van der Waals surface area (Å²) in [7, 11) is 2.95. The Morgan fingerprint density at radius 1 is 1.00 bits per heavy atom. The van der Waals surface area contributed by atoms with Crippen LogP contribution in [0.1, 0.15) is 5.56 Å². The predicted molar refractivity (Wildman–Crippen MR) is 121 cm³/mol. The Morgan fingerprint density at radius 3 is 2.48 bits per heavy atom. The molecule has 0 bridgehead atoms. The van der Waals surface area contributed by atoms with Crippen molar-refractivity contribution in [2.75, 3.05) is 5.32 Å². The monoisotopic (exact) mass is 435 g/mol. The molecule has 4 rings (SSSR count). The number of carbonyl (C=O) groups excluding carboxylic acids is 1. The zero-order valence-electron chi connectivity index (χ0n) is 17.1. The van der Waals surface area contributed by atoms with Crippen molar-refractivity contribution in [3.05, 3.63) is 87.3 Å². The number of nitrogens with one attached hydrogen (secondary N) is 1. The van der Waals surface area contributed by atoms with Crippen LogP contribution < -0.4 is 16.6 Å². The van der Waals surface area contributed by atoms with Crippen molar-refractivity contribution in [2.24, 2.45) is 14.1 Å². The maximum atomic E-state index is 12.8. The molecular formula is C22H21N5O3S. The van der Waals surface area contributed by atoms with E-state index in [2.05, 4.69) is 22.4 Å². The molecule has 0 saturated carbocycles. The molecule has 0 spiro atoms. The lowest BCUT2D eigenvalue weighted by atomic mass is 10.2. The van der Waals surface area contributed by atoms with Gasteiger partial charge in [-0.05, 0) is 17.7 Å². The Hall–Kier alpha value is -3.59. The summed E-state index contributed by atoms with van der Waals surface area (Å²) in [5.74, 6) is 0.493. The third kappa shape index (κ3) is 4.17. The van der Waals surface area contributed by atoms with Crippen molar-refractivity contribution in [3.63, 3.8) is 0 Å². The van der Waals surface area contributed by atoms with Gasteiger partial charge in [0.1, 0.15) is 6.54 Å². The van der Waals surface area contributed by atoms with Gasteiger partial charge in [-0.15, -0.1) is 11.8 Å². The molecule has 31 heavy (non-hydrogen) atoms. The van der Waals surface area contributed by atoms with Crippen LogP contribution in [0.2, 0.25) is 0 Å². The summed E-state index contributed by atoms with van der Waals surface area (Å²) in [5, 5.41) is 2.92. The fourth-order valence-corrected chi connectivity index (χ4v) is 4.26. The molecule has 0 unspecified atom stereocenters. The smallest absolute Gasteiger partial charge is 0.324 e. The summed E-state index contributed by atoms with van der Waals surface area (Å²) in [6, 6.07) is 17.7. The van der Waals surface area contributed by atoms with E-state index in [0.717, 1.165) is 15.2 Å². The van der Waals surface area contributed by atoms with Crippen LogP contribution in [0.3, 0.4) is 0 Å². The quantitative estimate of drug-likeness (QED) is 0.470. The first-order chi connectivity index (χ1) is 15.0. The van der Waals surface area contributed by atoms with Gasteiger partial charge in [-0.25, -0.2) is 9.78 Å². The number of aryl methyl sites for hydroxylation is 1. The van der Waals surface area contributed by atoms with Gasteiger partial charge >= 0.3 is 5.69 Å². The SMILES string of the molecule is Cn1c(=O)c2c(ncn2CC(=O)Nc2ccccc2SCc2ccccc2)n(C)c1=O. The minimum Gasteiger partial charge on any atom is -0.324 e. The van der Waals surface area contributed by atoms with Gasteiger partial charge in [0.2, 0.25) is 5.91 Å². The number of nitrogens with zero attached hydrogens (tertiary/aromatic N) is 4. The van der Waals surface area contributed by atoms with Crippen LogP contribution in [0.5, 0.6) is 0 Å². The highest BCUT2D eigenvalue weighted by Crippen LogP contribution is 2.29. The first-order valence-corrected chi connectivity index (χ1v) is 10.6. The summed E-state index contributed by atoms with van der Waals surface area (Å²) < 4.78 is 3.76. The first-order valence-electron chi connectivity index (χ1n) is 9.62. The van der Waals surface area contributed by atoms with Crippen molar-refractivity contribution in [2.45, 2.75) is 17.2 Å². The molecule has 4 aromatic rings. The van der Waals surface area contributed by atoms with Crippen LogP contribution in [0.4, 0.5) is 5.69 Å². The normalized spacial score (nSPS) is 11.0. The third-order valence-electron chi connectivity index (χ3n) is 4.93. The largest absolute Gasteiger partial charge is 0.332 e. The van der Waals surface area contributed by atoms with Gasteiger partial charge in [-0.2, -0.15) is 0 Å². The molecule has 0 aliphatic rings. The second kappa shape index (κ2) is 8.65. The molecule has 158 valence electrons. The average molecular weight is 436 g/mol. The minimum absolute atomic E-state index is 0.0956. The van der Waals surface area contributed by atoms with Crippen LogP contribution >= 0.6 is 11.8 Å². The van der Waals surface area contributed by atoms with E-state index in [1.165, 1.54) is 28.1 Å². The van der Waals surface area contributed by atoms with Gasteiger partial charge in [0.15, 0.2) is 11.2 Å². The fourth-order valence-electron chi connectivity index (χ4n) is 3.29. The number of hydrogen-bond acceptors (Lipinski definition) is 5. The standard InChI is InChI=1S/C22H21N5O3S/c1-25-20-19(21(29)26(2)22(25)30)27(14-23-20)12-18(28)24-16-10-6-7-11-17(16)31-13-15-8-4-3-5-9-15/h3-11,14H,12-13H2,1-2H3,(H,24,28). The lowest BCUT2D eigenvalue weighted by molar-refractivity contribution is -0.116. The van der Waals surface area contributed by atoms with Gasteiger partial charge < -0.3 is 9.88 Å². The minimum atomic E-state index is -0.484. The second-order valence-corrected chi connectivity index (χ2v) is 8.09. The summed E-state index contributed by atoms with van der Waals surface area (Å²) >= 11 is 1.64. The number of fused-ring (bicyclic) bond motifs is 1. The van der Waals surface area contributed by atoms with E-state index >= 15 is 0 Å². The van der Waals surface area contributed by atoms with Crippen molar-refractivity contribution >= 4 is 34.5 Å². The number of rotatable bonds is 6. The van der Waals surface area contributed by atoms with E-state index in [1.54, 1.807) is 18.8 Å². The maximum Gasteiger partial charge on any atom is 0.332 e. The highest BCUT2D eigenvalue weighted by Gasteiger charge is 2.16. The summed E-state index contributed by atoms with van der Waals surface area (Å²) in [6.07, 6.45) is 1.40. The Balaban J connectivity index is 1.54. The Morgan fingerprint density at radius 2 is 1.71 bits per heavy atom. The molecule has 1 N–H and O–H groups in total. The molecule has 0 saturated heterocycles. The molecular weight excluding hydrogens is 414 g/mol.